The average Bonchev–Trinajstić information content (AvgIpc) is 2.72. The van der Waals surface area contributed by atoms with Crippen LogP contribution in [-0.4, -0.2) is 33.7 Å². The van der Waals surface area contributed by atoms with E-state index in [0.717, 1.165) is 42.0 Å². The number of nitrogens with zero attached hydrogens (tertiary/aromatic N) is 4. The molecule has 6 heteroatoms. The highest BCUT2D eigenvalue weighted by atomic mass is 79.9. The van der Waals surface area contributed by atoms with Gasteiger partial charge in [0.15, 0.2) is 5.65 Å². The SMILES string of the molecule is N[C@@H]1CCCN(c2nc3ccc(Br)cn3n2)C1. The zero-order valence-corrected chi connectivity index (χ0v) is 11.0. The Hall–Kier alpha value is -1.14. The third-order valence-electron chi connectivity index (χ3n) is 3.02. The smallest absolute Gasteiger partial charge is 0.245 e. The van der Waals surface area contributed by atoms with Crippen molar-refractivity contribution in [1.82, 2.24) is 14.6 Å². The third-order valence-corrected chi connectivity index (χ3v) is 3.49. The number of pyridine rings is 1. The van der Waals surface area contributed by atoms with Crippen LogP contribution in [0.1, 0.15) is 12.8 Å². The molecule has 2 N–H and O–H groups in total. The van der Waals surface area contributed by atoms with Crippen LogP contribution in [0.5, 0.6) is 0 Å². The maximum atomic E-state index is 5.97. The highest BCUT2D eigenvalue weighted by molar-refractivity contribution is 9.10. The van der Waals surface area contributed by atoms with Crippen molar-refractivity contribution >= 4 is 27.5 Å². The third kappa shape index (κ3) is 2.14. The fraction of sp³-hybridized carbons (Fsp3) is 0.455. The Bertz CT molecular complexity index is 538. The highest BCUT2D eigenvalue weighted by Gasteiger charge is 2.20. The summed E-state index contributed by atoms with van der Waals surface area (Å²) < 4.78 is 2.79. The van der Waals surface area contributed by atoms with E-state index in [4.69, 9.17) is 5.73 Å². The minimum absolute atomic E-state index is 0.238. The monoisotopic (exact) mass is 295 g/mol. The fourth-order valence-electron chi connectivity index (χ4n) is 2.17. The molecule has 0 aliphatic carbocycles. The number of rotatable bonds is 1. The van der Waals surface area contributed by atoms with E-state index < -0.39 is 0 Å². The van der Waals surface area contributed by atoms with Crippen LogP contribution in [-0.2, 0) is 0 Å². The summed E-state index contributed by atoms with van der Waals surface area (Å²) >= 11 is 3.43. The van der Waals surface area contributed by atoms with E-state index in [0.29, 0.717) is 0 Å². The molecule has 0 aromatic carbocycles. The molecule has 1 aliphatic heterocycles. The van der Waals surface area contributed by atoms with Crippen LogP contribution < -0.4 is 10.6 Å². The Morgan fingerprint density at radius 1 is 1.41 bits per heavy atom. The van der Waals surface area contributed by atoms with Gasteiger partial charge in [-0.25, -0.2) is 4.52 Å². The second-order valence-corrected chi connectivity index (χ2v) is 5.33. The lowest BCUT2D eigenvalue weighted by atomic mass is 10.1. The van der Waals surface area contributed by atoms with Gasteiger partial charge in [0.1, 0.15) is 0 Å². The number of piperidine rings is 1. The maximum absolute atomic E-state index is 5.97. The quantitative estimate of drug-likeness (QED) is 0.864. The molecule has 2 aromatic heterocycles. The molecule has 1 fully saturated rings. The Balaban J connectivity index is 1.94. The average molecular weight is 296 g/mol. The summed E-state index contributed by atoms with van der Waals surface area (Å²) in [5.74, 6) is 0.776. The first-order chi connectivity index (χ1) is 8.22. The number of aromatic nitrogens is 3. The Labute approximate surface area is 108 Å². The molecule has 0 radical (unpaired) electrons. The number of hydrogen-bond acceptors (Lipinski definition) is 4. The van der Waals surface area contributed by atoms with Crippen molar-refractivity contribution in [2.45, 2.75) is 18.9 Å². The molecular formula is C11H14BrN5. The molecule has 0 bridgehead atoms. The molecule has 0 amide bonds. The van der Waals surface area contributed by atoms with Crippen molar-refractivity contribution in [3.63, 3.8) is 0 Å². The maximum Gasteiger partial charge on any atom is 0.245 e. The molecule has 5 nitrogen and oxygen atoms in total. The van der Waals surface area contributed by atoms with E-state index in [2.05, 4.69) is 30.9 Å². The van der Waals surface area contributed by atoms with Gasteiger partial charge in [-0.1, -0.05) is 0 Å². The number of anilines is 1. The normalized spacial score (nSPS) is 21.1. The summed E-state index contributed by atoms with van der Waals surface area (Å²) in [6.07, 6.45) is 4.12. The summed E-state index contributed by atoms with van der Waals surface area (Å²) in [7, 11) is 0. The molecule has 0 spiro atoms. The predicted octanol–water partition coefficient (Wildman–Crippen LogP) is 1.42. The van der Waals surface area contributed by atoms with Crippen molar-refractivity contribution in [2.75, 3.05) is 18.0 Å². The first kappa shape index (κ1) is 11.0. The van der Waals surface area contributed by atoms with Crippen LogP contribution in [0.2, 0.25) is 0 Å². The molecule has 1 aliphatic rings. The van der Waals surface area contributed by atoms with Gasteiger partial charge in [0.25, 0.3) is 0 Å². The Kier molecular flexibility index (Phi) is 2.76. The predicted molar refractivity (Wildman–Crippen MR) is 70.1 cm³/mol. The zero-order chi connectivity index (χ0) is 11.8. The van der Waals surface area contributed by atoms with Crippen LogP contribution in [0.4, 0.5) is 5.95 Å². The summed E-state index contributed by atoms with van der Waals surface area (Å²) in [5.41, 5.74) is 6.83. The van der Waals surface area contributed by atoms with Crippen molar-refractivity contribution in [3.8, 4) is 0 Å². The van der Waals surface area contributed by atoms with Gasteiger partial charge < -0.3 is 10.6 Å². The van der Waals surface area contributed by atoms with Crippen molar-refractivity contribution in [1.29, 1.82) is 0 Å². The van der Waals surface area contributed by atoms with Crippen LogP contribution >= 0.6 is 15.9 Å². The number of fused-ring (bicyclic) bond motifs is 1. The minimum Gasteiger partial charge on any atom is -0.338 e. The van der Waals surface area contributed by atoms with Crippen LogP contribution in [0.3, 0.4) is 0 Å². The number of nitrogens with two attached hydrogens (primary N) is 1. The van der Waals surface area contributed by atoms with E-state index in [1.807, 2.05) is 18.3 Å². The van der Waals surface area contributed by atoms with Crippen molar-refractivity contribution in [3.05, 3.63) is 22.8 Å². The van der Waals surface area contributed by atoms with Crippen molar-refractivity contribution in [2.24, 2.45) is 5.73 Å². The van der Waals surface area contributed by atoms with E-state index in [-0.39, 0.29) is 6.04 Å². The number of halogens is 1. The van der Waals surface area contributed by atoms with Gasteiger partial charge in [0.05, 0.1) is 0 Å². The summed E-state index contributed by atoms with van der Waals surface area (Å²) in [4.78, 5) is 6.68. The van der Waals surface area contributed by atoms with Gasteiger partial charge >= 0.3 is 0 Å². The second-order valence-electron chi connectivity index (χ2n) is 4.41. The van der Waals surface area contributed by atoms with Crippen LogP contribution in [0.25, 0.3) is 5.65 Å². The molecular weight excluding hydrogens is 282 g/mol. The van der Waals surface area contributed by atoms with Crippen LogP contribution in [0.15, 0.2) is 22.8 Å². The number of hydrogen-bond donors (Lipinski definition) is 1. The summed E-state index contributed by atoms with van der Waals surface area (Å²) in [6.45, 7) is 1.84. The van der Waals surface area contributed by atoms with Crippen molar-refractivity contribution < 1.29 is 0 Å². The molecule has 90 valence electrons. The summed E-state index contributed by atoms with van der Waals surface area (Å²) in [6, 6.07) is 4.15. The van der Waals surface area contributed by atoms with Crippen LogP contribution in [0, 0.1) is 0 Å². The lowest BCUT2D eigenvalue weighted by molar-refractivity contribution is 0.500. The molecule has 0 unspecified atom stereocenters. The zero-order valence-electron chi connectivity index (χ0n) is 9.38. The topological polar surface area (TPSA) is 59.5 Å². The molecule has 0 saturated carbocycles. The molecule has 3 rings (SSSR count). The lowest BCUT2D eigenvalue weighted by Crippen LogP contribution is -2.43. The second kappa shape index (κ2) is 4.27. The van der Waals surface area contributed by atoms with E-state index in [1.54, 1.807) is 4.52 Å². The van der Waals surface area contributed by atoms with Gasteiger partial charge in [-0.3, -0.25) is 0 Å². The first-order valence-electron chi connectivity index (χ1n) is 5.75. The van der Waals surface area contributed by atoms with Gasteiger partial charge in [-0.15, -0.1) is 5.10 Å². The minimum atomic E-state index is 0.238. The Morgan fingerprint density at radius 3 is 3.12 bits per heavy atom. The Morgan fingerprint density at radius 2 is 2.29 bits per heavy atom. The summed E-state index contributed by atoms with van der Waals surface area (Å²) in [5, 5.41) is 4.48. The lowest BCUT2D eigenvalue weighted by Gasteiger charge is -2.29. The molecule has 1 atom stereocenters. The van der Waals surface area contributed by atoms with Gasteiger partial charge in [-0.2, -0.15) is 4.98 Å². The molecule has 3 heterocycles. The fourth-order valence-corrected chi connectivity index (χ4v) is 2.50. The highest BCUT2D eigenvalue weighted by Crippen LogP contribution is 2.18. The largest absolute Gasteiger partial charge is 0.338 e. The first-order valence-corrected chi connectivity index (χ1v) is 6.54. The van der Waals surface area contributed by atoms with E-state index in [1.165, 1.54) is 0 Å². The van der Waals surface area contributed by atoms with E-state index >= 15 is 0 Å². The molecule has 2 aromatic rings. The van der Waals surface area contributed by atoms with Gasteiger partial charge in [-0.05, 0) is 40.9 Å². The van der Waals surface area contributed by atoms with Gasteiger partial charge in [0, 0.05) is 29.8 Å². The van der Waals surface area contributed by atoms with E-state index in [9.17, 15) is 0 Å². The molecule has 17 heavy (non-hydrogen) atoms. The molecule has 1 saturated heterocycles. The van der Waals surface area contributed by atoms with Gasteiger partial charge in [0.2, 0.25) is 5.95 Å². The standard InChI is InChI=1S/C11H14BrN5/c12-8-3-4-10-14-11(15-17(10)6-8)16-5-1-2-9(13)7-16/h3-4,6,9H,1-2,5,7,13H2/t9-/m1/s1.